The summed E-state index contributed by atoms with van der Waals surface area (Å²) < 4.78 is 11.2. The number of ether oxygens (including phenoxy) is 2. The fourth-order valence-corrected chi connectivity index (χ4v) is 1.93. The number of hydrogen-bond donors (Lipinski definition) is 1. The lowest BCUT2D eigenvalue weighted by Crippen LogP contribution is -2.16. The van der Waals surface area contributed by atoms with Gasteiger partial charge >= 0.3 is 0 Å². The third-order valence-electron chi connectivity index (χ3n) is 2.91. The molecule has 88 valence electrons. The fraction of sp³-hybridized carbons (Fsp3) is 0.538. The highest BCUT2D eigenvalue weighted by atomic mass is 16.7. The van der Waals surface area contributed by atoms with Gasteiger partial charge in [-0.05, 0) is 24.5 Å². The van der Waals surface area contributed by atoms with Crippen molar-refractivity contribution in [2.24, 2.45) is 0 Å². The summed E-state index contributed by atoms with van der Waals surface area (Å²) in [7, 11) is 0. The first-order chi connectivity index (χ1) is 7.79. The summed E-state index contributed by atoms with van der Waals surface area (Å²) in [5, 5.41) is 8.81. The molecule has 1 N–H and O–H groups in total. The third-order valence-corrected chi connectivity index (χ3v) is 2.91. The molecule has 0 aliphatic carbocycles. The first kappa shape index (κ1) is 11.6. The molecule has 0 aromatic heterocycles. The van der Waals surface area contributed by atoms with Crippen LogP contribution >= 0.6 is 0 Å². The van der Waals surface area contributed by atoms with Crippen molar-refractivity contribution in [1.82, 2.24) is 0 Å². The van der Waals surface area contributed by atoms with E-state index in [4.69, 9.17) is 14.6 Å². The van der Waals surface area contributed by atoms with Crippen molar-refractivity contribution in [2.75, 3.05) is 13.2 Å². The van der Waals surface area contributed by atoms with Crippen LogP contribution in [-0.2, 0) is 15.9 Å². The standard InChI is InChI=1S/C13H18O3/c1-10-4-2-3-5-11(10)8-13-15-9-12(16-13)6-7-14/h2-5,12-14H,6-9H2,1H3. The van der Waals surface area contributed by atoms with Gasteiger partial charge in [-0.3, -0.25) is 0 Å². The van der Waals surface area contributed by atoms with E-state index in [1.165, 1.54) is 11.1 Å². The Kier molecular flexibility index (Phi) is 3.93. The second-order valence-corrected chi connectivity index (χ2v) is 4.16. The molecule has 2 atom stereocenters. The van der Waals surface area contributed by atoms with Gasteiger partial charge < -0.3 is 14.6 Å². The van der Waals surface area contributed by atoms with E-state index in [0.717, 1.165) is 6.42 Å². The van der Waals surface area contributed by atoms with E-state index in [1.807, 2.05) is 12.1 Å². The average Bonchev–Trinajstić information content (AvgIpc) is 2.70. The number of aliphatic hydroxyl groups excluding tert-OH is 1. The van der Waals surface area contributed by atoms with Gasteiger partial charge in [0.1, 0.15) is 0 Å². The van der Waals surface area contributed by atoms with Crippen LogP contribution in [0.25, 0.3) is 0 Å². The summed E-state index contributed by atoms with van der Waals surface area (Å²) in [6.45, 7) is 2.84. The van der Waals surface area contributed by atoms with Crippen LogP contribution in [0.4, 0.5) is 0 Å². The van der Waals surface area contributed by atoms with Gasteiger partial charge in [0.2, 0.25) is 0 Å². The molecule has 0 bridgehead atoms. The minimum atomic E-state index is -0.155. The van der Waals surface area contributed by atoms with E-state index >= 15 is 0 Å². The highest BCUT2D eigenvalue weighted by molar-refractivity contribution is 5.25. The summed E-state index contributed by atoms with van der Waals surface area (Å²) in [4.78, 5) is 0. The highest BCUT2D eigenvalue weighted by Gasteiger charge is 2.25. The Labute approximate surface area is 96.0 Å². The Bertz CT molecular complexity index is 338. The highest BCUT2D eigenvalue weighted by Crippen LogP contribution is 2.19. The lowest BCUT2D eigenvalue weighted by molar-refractivity contribution is -0.0584. The monoisotopic (exact) mass is 222 g/mol. The van der Waals surface area contributed by atoms with E-state index in [0.29, 0.717) is 13.0 Å². The lowest BCUT2D eigenvalue weighted by Gasteiger charge is -2.12. The van der Waals surface area contributed by atoms with Crippen LogP contribution < -0.4 is 0 Å². The van der Waals surface area contributed by atoms with E-state index in [-0.39, 0.29) is 19.0 Å². The summed E-state index contributed by atoms with van der Waals surface area (Å²) >= 11 is 0. The van der Waals surface area contributed by atoms with E-state index in [9.17, 15) is 0 Å². The number of benzene rings is 1. The first-order valence-corrected chi connectivity index (χ1v) is 5.72. The van der Waals surface area contributed by atoms with Crippen molar-refractivity contribution in [3.8, 4) is 0 Å². The topological polar surface area (TPSA) is 38.7 Å². The average molecular weight is 222 g/mol. The van der Waals surface area contributed by atoms with Crippen molar-refractivity contribution >= 4 is 0 Å². The minimum Gasteiger partial charge on any atom is -0.396 e. The zero-order valence-corrected chi connectivity index (χ0v) is 9.56. The number of aliphatic hydroxyl groups is 1. The van der Waals surface area contributed by atoms with Gasteiger partial charge in [0, 0.05) is 13.0 Å². The maximum Gasteiger partial charge on any atom is 0.162 e. The van der Waals surface area contributed by atoms with Crippen LogP contribution in [0.1, 0.15) is 17.5 Å². The van der Waals surface area contributed by atoms with Crippen molar-refractivity contribution < 1.29 is 14.6 Å². The number of aryl methyl sites for hydroxylation is 1. The smallest absolute Gasteiger partial charge is 0.162 e. The molecule has 16 heavy (non-hydrogen) atoms. The van der Waals surface area contributed by atoms with Crippen LogP contribution in [0.5, 0.6) is 0 Å². The summed E-state index contributed by atoms with van der Waals surface area (Å²) in [6, 6.07) is 8.25. The Hall–Kier alpha value is -0.900. The van der Waals surface area contributed by atoms with E-state index < -0.39 is 0 Å². The molecule has 2 unspecified atom stereocenters. The van der Waals surface area contributed by atoms with Gasteiger partial charge in [-0.1, -0.05) is 24.3 Å². The molecule has 1 aromatic rings. The summed E-state index contributed by atoms with van der Waals surface area (Å²) in [5.41, 5.74) is 2.53. The quantitative estimate of drug-likeness (QED) is 0.842. The predicted molar refractivity (Wildman–Crippen MR) is 61.2 cm³/mol. The maximum atomic E-state index is 8.81. The van der Waals surface area contributed by atoms with Gasteiger partial charge in [-0.15, -0.1) is 0 Å². The molecule has 1 heterocycles. The molecule has 0 spiro atoms. The lowest BCUT2D eigenvalue weighted by atomic mass is 10.1. The number of rotatable bonds is 4. The van der Waals surface area contributed by atoms with E-state index in [2.05, 4.69) is 19.1 Å². The van der Waals surface area contributed by atoms with Crippen LogP contribution in [0.15, 0.2) is 24.3 Å². The normalized spacial score (nSPS) is 24.9. The summed E-state index contributed by atoms with van der Waals surface area (Å²) in [6.07, 6.45) is 1.34. The molecule has 3 nitrogen and oxygen atoms in total. The first-order valence-electron chi connectivity index (χ1n) is 5.72. The fourth-order valence-electron chi connectivity index (χ4n) is 1.93. The second kappa shape index (κ2) is 5.43. The minimum absolute atomic E-state index is 0.0546. The van der Waals surface area contributed by atoms with Gasteiger partial charge in [-0.2, -0.15) is 0 Å². The molecule has 3 heteroatoms. The Morgan fingerprint density at radius 1 is 1.38 bits per heavy atom. The molecule has 1 saturated heterocycles. The maximum absolute atomic E-state index is 8.81. The Morgan fingerprint density at radius 3 is 2.94 bits per heavy atom. The molecule has 1 aliphatic rings. The summed E-state index contributed by atoms with van der Waals surface area (Å²) in [5.74, 6) is 0. The molecule has 1 fully saturated rings. The van der Waals surface area contributed by atoms with Crippen LogP contribution in [0.2, 0.25) is 0 Å². The van der Waals surface area contributed by atoms with Gasteiger partial charge in [0.25, 0.3) is 0 Å². The number of hydrogen-bond acceptors (Lipinski definition) is 3. The Balaban J connectivity index is 1.90. The van der Waals surface area contributed by atoms with Crippen LogP contribution in [0.3, 0.4) is 0 Å². The van der Waals surface area contributed by atoms with Crippen molar-refractivity contribution in [3.63, 3.8) is 0 Å². The van der Waals surface area contributed by atoms with Gasteiger partial charge in [0.15, 0.2) is 6.29 Å². The van der Waals surface area contributed by atoms with Gasteiger partial charge in [0.05, 0.1) is 12.7 Å². The molecule has 0 radical (unpaired) electrons. The zero-order valence-electron chi connectivity index (χ0n) is 9.56. The van der Waals surface area contributed by atoms with Crippen LogP contribution in [-0.4, -0.2) is 30.7 Å². The molecular weight excluding hydrogens is 204 g/mol. The van der Waals surface area contributed by atoms with Gasteiger partial charge in [-0.25, -0.2) is 0 Å². The molecule has 1 aliphatic heterocycles. The van der Waals surface area contributed by atoms with E-state index in [1.54, 1.807) is 0 Å². The SMILES string of the molecule is Cc1ccccc1CC1OCC(CCO)O1. The zero-order chi connectivity index (χ0) is 11.4. The largest absolute Gasteiger partial charge is 0.396 e. The molecule has 0 amide bonds. The molecule has 2 rings (SSSR count). The predicted octanol–water partition coefficient (Wildman–Crippen LogP) is 1.66. The molecule has 1 aromatic carbocycles. The second-order valence-electron chi connectivity index (χ2n) is 4.16. The third kappa shape index (κ3) is 2.82. The van der Waals surface area contributed by atoms with Crippen molar-refractivity contribution in [2.45, 2.75) is 32.2 Å². The Morgan fingerprint density at radius 2 is 2.19 bits per heavy atom. The van der Waals surface area contributed by atoms with Crippen molar-refractivity contribution in [3.05, 3.63) is 35.4 Å². The van der Waals surface area contributed by atoms with Crippen LogP contribution in [0, 0.1) is 6.92 Å². The molecule has 0 saturated carbocycles. The van der Waals surface area contributed by atoms with Crippen molar-refractivity contribution in [1.29, 1.82) is 0 Å². The molecular formula is C13H18O3.